The van der Waals surface area contributed by atoms with E-state index in [0.717, 1.165) is 24.0 Å². The maximum Gasteiger partial charge on any atom is 0.338 e. The summed E-state index contributed by atoms with van der Waals surface area (Å²) in [5, 5.41) is 6.80. The van der Waals surface area contributed by atoms with Crippen LogP contribution in [0.4, 0.5) is 5.69 Å². The summed E-state index contributed by atoms with van der Waals surface area (Å²) in [4.78, 5) is 28.5. The van der Waals surface area contributed by atoms with Gasteiger partial charge in [0, 0.05) is 24.1 Å². The number of amides is 1. The molecule has 1 aromatic heterocycles. The van der Waals surface area contributed by atoms with Crippen LogP contribution in [0, 0.1) is 6.92 Å². The van der Waals surface area contributed by atoms with Crippen LogP contribution < -0.4 is 5.32 Å². The van der Waals surface area contributed by atoms with Crippen molar-refractivity contribution < 1.29 is 18.8 Å². The monoisotopic (exact) mass is 407 g/mol. The van der Waals surface area contributed by atoms with Gasteiger partial charge in [0.1, 0.15) is 0 Å². The molecule has 0 aliphatic heterocycles. The van der Waals surface area contributed by atoms with E-state index in [0.29, 0.717) is 36.0 Å². The van der Waals surface area contributed by atoms with E-state index in [9.17, 15) is 9.59 Å². The maximum absolute atomic E-state index is 12.2. The van der Waals surface area contributed by atoms with Gasteiger partial charge in [0.05, 0.1) is 12.2 Å². The van der Waals surface area contributed by atoms with Crippen molar-refractivity contribution >= 4 is 17.6 Å². The number of aromatic nitrogens is 2. The van der Waals surface area contributed by atoms with Crippen LogP contribution in [0.15, 0.2) is 53.1 Å². The lowest BCUT2D eigenvalue weighted by Gasteiger charge is -2.06. The lowest BCUT2D eigenvalue weighted by Crippen LogP contribution is -2.13. The Labute approximate surface area is 175 Å². The number of carbonyl (C=O) groups excluding carboxylic acids is 2. The van der Waals surface area contributed by atoms with Crippen molar-refractivity contribution in [3.63, 3.8) is 0 Å². The SMILES string of the molecule is CCCCOC(=O)c1ccc(NC(=O)CCc2nc(-c3ccccc3C)no2)cc1. The van der Waals surface area contributed by atoms with Crippen molar-refractivity contribution in [2.45, 2.75) is 39.5 Å². The topological polar surface area (TPSA) is 94.3 Å². The first-order valence-corrected chi connectivity index (χ1v) is 10.0. The highest BCUT2D eigenvalue weighted by Gasteiger charge is 2.13. The Morgan fingerprint density at radius 3 is 2.60 bits per heavy atom. The molecule has 156 valence electrons. The van der Waals surface area contributed by atoms with Crippen LogP contribution in [-0.4, -0.2) is 28.6 Å². The fourth-order valence-electron chi connectivity index (χ4n) is 2.82. The molecule has 0 saturated heterocycles. The van der Waals surface area contributed by atoms with Crippen LogP contribution in [0.3, 0.4) is 0 Å². The van der Waals surface area contributed by atoms with Crippen molar-refractivity contribution in [3.8, 4) is 11.4 Å². The number of hydrogen-bond donors (Lipinski definition) is 1. The number of aryl methyl sites for hydroxylation is 2. The summed E-state index contributed by atoms with van der Waals surface area (Å²) in [5.74, 6) is 0.393. The van der Waals surface area contributed by atoms with E-state index < -0.39 is 0 Å². The molecule has 0 fully saturated rings. The summed E-state index contributed by atoms with van der Waals surface area (Å²) in [6.45, 7) is 4.43. The molecular formula is C23H25N3O4. The third-order valence-corrected chi connectivity index (χ3v) is 4.56. The molecule has 3 aromatic rings. The van der Waals surface area contributed by atoms with Gasteiger partial charge < -0.3 is 14.6 Å². The van der Waals surface area contributed by atoms with Gasteiger partial charge in [-0.2, -0.15) is 4.98 Å². The highest BCUT2D eigenvalue weighted by atomic mass is 16.5. The number of esters is 1. The number of benzene rings is 2. The first-order valence-electron chi connectivity index (χ1n) is 10.0. The van der Waals surface area contributed by atoms with Gasteiger partial charge in [-0.3, -0.25) is 4.79 Å². The number of nitrogens with one attached hydrogen (secondary N) is 1. The van der Waals surface area contributed by atoms with Crippen molar-refractivity contribution in [2.75, 3.05) is 11.9 Å². The Bertz CT molecular complexity index is 996. The van der Waals surface area contributed by atoms with E-state index in [1.54, 1.807) is 24.3 Å². The van der Waals surface area contributed by atoms with Gasteiger partial charge in [-0.25, -0.2) is 4.79 Å². The summed E-state index contributed by atoms with van der Waals surface area (Å²) in [6, 6.07) is 14.4. The molecular weight excluding hydrogens is 382 g/mol. The summed E-state index contributed by atoms with van der Waals surface area (Å²) in [5.41, 5.74) is 3.03. The van der Waals surface area contributed by atoms with E-state index in [1.807, 2.05) is 38.1 Å². The van der Waals surface area contributed by atoms with Crippen molar-refractivity contribution in [3.05, 3.63) is 65.5 Å². The summed E-state index contributed by atoms with van der Waals surface area (Å²) in [6.07, 6.45) is 2.35. The van der Waals surface area contributed by atoms with Crippen LogP contribution in [0.1, 0.15) is 48.0 Å². The van der Waals surface area contributed by atoms with Gasteiger partial charge in [-0.15, -0.1) is 0 Å². The highest BCUT2D eigenvalue weighted by molar-refractivity contribution is 5.93. The summed E-state index contributed by atoms with van der Waals surface area (Å²) < 4.78 is 10.4. The van der Waals surface area contributed by atoms with Crippen LogP contribution >= 0.6 is 0 Å². The molecule has 30 heavy (non-hydrogen) atoms. The molecule has 0 atom stereocenters. The van der Waals surface area contributed by atoms with E-state index >= 15 is 0 Å². The van der Waals surface area contributed by atoms with Crippen LogP contribution in [0.25, 0.3) is 11.4 Å². The molecule has 7 nitrogen and oxygen atoms in total. The zero-order chi connectivity index (χ0) is 21.3. The lowest BCUT2D eigenvalue weighted by molar-refractivity contribution is -0.116. The van der Waals surface area contributed by atoms with E-state index in [1.165, 1.54) is 0 Å². The largest absolute Gasteiger partial charge is 0.462 e. The minimum atomic E-state index is -0.359. The number of anilines is 1. The van der Waals surface area contributed by atoms with Gasteiger partial charge in [0.2, 0.25) is 17.6 Å². The molecule has 1 heterocycles. The van der Waals surface area contributed by atoms with Crippen molar-refractivity contribution in [1.29, 1.82) is 0 Å². The molecule has 0 bridgehead atoms. The average Bonchev–Trinajstić information content (AvgIpc) is 3.22. The molecule has 3 rings (SSSR count). The molecule has 1 amide bonds. The molecule has 0 radical (unpaired) electrons. The number of unbranched alkanes of at least 4 members (excludes halogenated alkanes) is 1. The van der Waals surface area contributed by atoms with E-state index in [-0.39, 0.29) is 18.3 Å². The second-order valence-electron chi connectivity index (χ2n) is 6.94. The highest BCUT2D eigenvalue weighted by Crippen LogP contribution is 2.20. The first kappa shape index (κ1) is 21.2. The minimum absolute atomic E-state index is 0.177. The second-order valence-corrected chi connectivity index (χ2v) is 6.94. The molecule has 0 aliphatic rings. The summed E-state index contributed by atoms with van der Waals surface area (Å²) in [7, 11) is 0. The standard InChI is InChI=1S/C23H25N3O4/c1-3-4-15-29-23(28)17-9-11-18(12-10-17)24-20(27)13-14-21-25-22(26-30-21)19-8-6-5-7-16(19)2/h5-12H,3-4,13-15H2,1-2H3,(H,24,27). The van der Waals surface area contributed by atoms with Gasteiger partial charge >= 0.3 is 5.97 Å². The van der Waals surface area contributed by atoms with Gasteiger partial charge in [0.25, 0.3) is 0 Å². The van der Waals surface area contributed by atoms with E-state index in [4.69, 9.17) is 9.26 Å². The number of hydrogen-bond acceptors (Lipinski definition) is 6. The minimum Gasteiger partial charge on any atom is -0.462 e. The Hall–Kier alpha value is -3.48. The van der Waals surface area contributed by atoms with Gasteiger partial charge in [-0.1, -0.05) is 42.8 Å². The van der Waals surface area contributed by atoms with Crippen LogP contribution in [0.2, 0.25) is 0 Å². The van der Waals surface area contributed by atoms with Crippen molar-refractivity contribution in [2.24, 2.45) is 0 Å². The molecule has 2 aromatic carbocycles. The lowest BCUT2D eigenvalue weighted by atomic mass is 10.1. The van der Waals surface area contributed by atoms with Crippen LogP contribution in [-0.2, 0) is 16.0 Å². The quantitative estimate of drug-likeness (QED) is 0.412. The van der Waals surface area contributed by atoms with Gasteiger partial charge in [0.15, 0.2) is 0 Å². The number of ether oxygens (including phenoxy) is 1. The van der Waals surface area contributed by atoms with Gasteiger partial charge in [-0.05, 0) is 43.2 Å². The van der Waals surface area contributed by atoms with Crippen molar-refractivity contribution in [1.82, 2.24) is 10.1 Å². The average molecular weight is 407 g/mol. The Morgan fingerprint density at radius 1 is 1.10 bits per heavy atom. The first-order chi connectivity index (χ1) is 14.6. The number of carbonyl (C=O) groups is 2. The number of rotatable bonds is 9. The van der Waals surface area contributed by atoms with Crippen LogP contribution in [0.5, 0.6) is 0 Å². The number of nitrogens with zero attached hydrogens (tertiary/aromatic N) is 2. The van der Waals surface area contributed by atoms with E-state index in [2.05, 4.69) is 15.5 Å². The predicted octanol–water partition coefficient (Wildman–Crippen LogP) is 4.57. The second kappa shape index (κ2) is 10.3. The molecule has 1 N–H and O–H groups in total. The zero-order valence-corrected chi connectivity index (χ0v) is 17.2. The third-order valence-electron chi connectivity index (χ3n) is 4.56. The third kappa shape index (κ3) is 5.76. The molecule has 0 spiro atoms. The normalized spacial score (nSPS) is 10.6. The fourth-order valence-corrected chi connectivity index (χ4v) is 2.82. The summed E-state index contributed by atoms with van der Waals surface area (Å²) >= 11 is 0. The molecule has 0 saturated carbocycles. The predicted molar refractivity (Wildman–Crippen MR) is 113 cm³/mol. The molecule has 0 unspecified atom stereocenters. The molecule has 7 heteroatoms. The zero-order valence-electron chi connectivity index (χ0n) is 17.2. The molecule has 0 aliphatic carbocycles. The Balaban J connectivity index is 1.49. The maximum atomic E-state index is 12.2. The Morgan fingerprint density at radius 2 is 1.87 bits per heavy atom. The fraction of sp³-hybridized carbons (Fsp3) is 0.304. The smallest absolute Gasteiger partial charge is 0.338 e. The Kier molecular flexibility index (Phi) is 7.32.